The quantitative estimate of drug-likeness (QED) is 0.879. The molecule has 1 amide bonds. The second-order valence-electron chi connectivity index (χ2n) is 5.21. The molecule has 0 unspecified atom stereocenters. The fraction of sp³-hybridized carbons (Fsp3) is 0.500. The number of carbonyl (C=O) groups excluding carboxylic acids is 1. The Morgan fingerprint density at radius 3 is 2.48 bits per heavy atom. The molecule has 0 fully saturated rings. The highest BCUT2D eigenvalue weighted by molar-refractivity contribution is 5.67. The summed E-state index contributed by atoms with van der Waals surface area (Å²) in [6, 6.07) is 5.00. The zero-order chi connectivity index (χ0) is 16.1. The maximum Gasteiger partial charge on any atom is 0.416 e. The van der Waals surface area contributed by atoms with Crippen LogP contribution < -0.4 is 5.32 Å². The second-order valence-corrected chi connectivity index (χ2v) is 5.21. The summed E-state index contributed by atoms with van der Waals surface area (Å²) in [6.07, 6.45) is -5.06. The van der Waals surface area contributed by atoms with Crippen molar-refractivity contribution in [3.63, 3.8) is 0 Å². The number of halogens is 3. The molecule has 0 aromatic heterocycles. The number of nitrogens with one attached hydrogen (secondary N) is 1. The molecule has 21 heavy (non-hydrogen) atoms. The molecule has 2 N–H and O–H groups in total. The van der Waals surface area contributed by atoms with Crippen molar-refractivity contribution in [1.29, 1.82) is 0 Å². The Labute approximate surface area is 120 Å². The minimum atomic E-state index is -4.47. The first kappa shape index (κ1) is 17.3. The largest absolute Gasteiger partial charge is 0.449 e. The van der Waals surface area contributed by atoms with Gasteiger partial charge in [-0.25, -0.2) is 4.79 Å². The Kier molecular flexibility index (Phi) is 5.60. The van der Waals surface area contributed by atoms with Gasteiger partial charge in [0.15, 0.2) is 0 Å². The van der Waals surface area contributed by atoms with Crippen LogP contribution in [-0.2, 0) is 17.5 Å². The third-order valence-corrected chi connectivity index (χ3v) is 2.69. The Hall–Kier alpha value is -1.76. The normalized spacial score (nSPS) is 12.1. The number of carbonyl (C=O) groups is 1. The van der Waals surface area contributed by atoms with Crippen LogP contribution in [0.4, 0.5) is 18.0 Å². The molecule has 0 saturated carbocycles. The van der Waals surface area contributed by atoms with Gasteiger partial charge in [0.05, 0.1) is 17.8 Å². The lowest BCUT2D eigenvalue weighted by Gasteiger charge is -2.17. The van der Waals surface area contributed by atoms with Crippen molar-refractivity contribution in [1.82, 2.24) is 5.32 Å². The molecule has 0 bridgehead atoms. The average Bonchev–Trinajstić information content (AvgIpc) is 2.34. The van der Waals surface area contributed by atoms with Gasteiger partial charge in [-0.3, -0.25) is 0 Å². The van der Waals surface area contributed by atoms with Crippen LogP contribution in [0.5, 0.6) is 0 Å². The first-order valence-electron chi connectivity index (χ1n) is 6.38. The molecule has 0 aliphatic carbocycles. The monoisotopic (exact) mass is 305 g/mol. The van der Waals surface area contributed by atoms with E-state index in [0.29, 0.717) is 0 Å². The first-order chi connectivity index (χ1) is 9.59. The van der Waals surface area contributed by atoms with Crippen molar-refractivity contribution >= 4 is 6.09 Å². The topological polar surface area (TPSA) is 58.6 Å². The summed E-state index contributed by atoms with van der Waals surface area (Å²) in [7, 11) is 0. The van der Waals surface area contributed by atoms with Gasteiger partial charge < -0.3 is 15.2 Å². The number of hydrogen-bond donors (Lipinski definition) is 2. The second kappa shape index (κ2) is 6.80. The molecule has 1 aromatic rings. The summed E-state index contributed by atoms with van der Waals surface area (Å²) in [5.74, 6) is 0. The number of hydrogen-bond acceptors (Lipinski definition) is 3. The molecule has 0 saturated heterocycles. The van der Waals surface area contributed by atoms with Crippen LogP contribution in [0.15, 0.2) is 24.3 Å². The van der Waals surface area contributed by atoms with Crippen LogP contribution >= 0.6 is 0 Å². The van der Waals surface area contributed by atoms with Crippen molar-refractivity contribution in [2.24, 2.45) is 0 Å². The minimum Gasteiger partial charge on any atom is -0.449 e. The third kappa shape index (κ3) is 6.48. The summed E-state index contributed by atoms with van der Waals surface area (Å²) in [5, 5.41) is 11.7. The van der Waals surface area contributed by atoms with E-state index in [2.05, 4.69) is 5.32 Å². The Bertz CT molecular complexity index is 481. The molecule has 0 aliphatic rings. The van der Waals surface area contributed by atoms with Crippen molar-refractivity contribution in [3.05, 3.63) is 35.4 Å². The van der Waals surface area contributed by atoms with Crippen LogP contribution in [0.25, 0.3) is 0 Å². The van der Waals surface area contributed by atoms with E-state index in [4.69, 9.17) is 4.74 Å². The molecule has 0 atom stereocenters. The number of ether oxygens (including phenoxy) is 1. The molecule has 1 rings (SSSR count). The fourth-order valence-electron chi connectivity index (χ4n) is 1.56. The smallest absolute Gasteiger partial charge is 0.416 e. The highest BCUT2D eigenvalue weighted by atomic mass is 19.4. The molecule has 118 valence electrons. The van der Waals surface area contributed by atoms with Crippen molar-refractivity contribution in [2.45, 2.75) is 38.6 Å². The van der Waals surface area contributed by atoms with Crippen molar-refractivity contribution in [3.8, 4) is 0 Å². The zero-order valence-electron chi connectivity index (χ0n) is 11.8. The summed E-state index contributed by atoms with van der Waals surface area (Å²) >= 11 is 0. The average molecular weight is 305 g/mol. The van der Waals surface area contributed by atoms with Gasteiger partial charge in [-0.15, -0.1) is 0 Å². The van der Waals surface area contributed by atoms with Crippen LogP contribution in [0.3, 0.4) is 0 Å². The van der Waals surface area contributed by atoms with E-state index in [1.54, 1.807) is 13.8 Å². The SMILES string of the molecule is CC(C)(O)CCOC(=O)NCc1ccccc1C(F)(F)F. The van der Waals surface area contributed by atoms with Gasteiger partial charge in [0, 0.05) is 13.0 Å². The number of alkyl carbamates (subject to hydrolysis) is 1. The first-order valence-corrected chi connectivity index (χ1v) is 6.38. The Morgan fingerprint density at radius 1 is 1.29 bits per heavy atom. The molecule has 0 heterocycles. The zero-order valence-corrected chi connectivity index (χ0v) is 11.8. The van der Waals surface area contributed by atoms with Crippen LogP contribution in [0.2, 0.25) is 0 Å². The molecule has 0 radical (unpaired) electrons. The van der Waals surface area contributed by atoms with Crippen molar-refractivity contribution < 1.29 is 27.8 Å². The predicted octanol–water partition coefficient (Wildman–Crippen LogP) is 3.09. The minimum absolute atomic E-state index is 0.0176. The highest BCUT2D eigenvalue weighted by Gasteiger charge is 2.32. The Morgan fingerprint density at radius 2 is 1.90 bits per heavy atom. The van der Waals surface area contributed by atoms with Gasteiger partial charge in [0.2, 0.25) is 0 Å². The van der Waals surface area contributed by atoms with Gasteiger partial charge >= 0.3 is 12.3 Å². The maximum absolute atomic E-state index is 12.7. The van der Waals surface area contributed by atoms with Crippen molar-refractivity contribution in [2.75, 3.05) is 6.61 Å². The van der Waals surface area contributed by atoms with E-state index in [1.807, 2.05) is 0 Å². The van der Waals surface area contributed by atoms with Gasteiger partial charge in [-0.05, 0) is 25.5 Å². The molecular weight excluding hydrogens is 287 g/mol. The number of alkyl halides is 3. The van der Waals surface area contributed by atoms with E-state index >= 15 is 0 Å². The number of rotatable bonds is 5. The fourth-order valence-corrected chi connectivity index (χ4v) is 1.56. The van der Waals surface area contributed by atoms with E-state index in [1.165, 1.54) is 18.2 Å². The Balaban J connectivity index is 2.51. The van der Waals surface area contributed by atoms with Gasteiger partial charge in [-0.1, -0.05) is 18.2 Å². The number of amides is 1. The maximum atomic E-state index is 12.7. The lowest BCUT2D eigenvalue weighted by atomic mass is 10.1. The summed E-state index contributed by atoms with van der Waals surface area (Å²) < 4.78 is 43.0. The summed E-state index contributed by atoms with van der Waals surface area (Å²) in [6.45, 7) is 2.83. The van der Waals surface area contributed by atoms with Crippen LogP contribution in [-0.4, -0.2) is 23.4 Å². The highest BCUT2D eigenvalue weighted by Crippen LogP contribution is 2.31. The predicted molar refractivity (Wildman–Crippen MR) is 70.5 cm³/mol. The standard InChI is InChI=1S/C14H18F3NO3/c1-13(2,20)7-8-21-12(19)18-9-10-5-3-4-6-11(10)14(15,16)17/h3-6,20H,7-9H2,1-2H3,(H,18,19). The third-order valence-electron chi connectivity index (χ3n) is 2.69. The van der Waals surface area contributed by atoms with E-state index in [0.717, 1.165) is 6.07 Å². The van der Waals surface area contributed by atoms with Gasteiger partial charge in [0.1, 0.15) is 0 Å². The van der Waals surface area contributed by atoms with E-state index in [-0.39, 0.29) is 25.1 Å². The molecule has 1 aromatic carbocycles. The lowest BCUT2D eigenvalue weighted by molar-refractivity contribution is -0.138. The summed E-state index contributed by atoms with van der Waals surface area (Å²) in [5.41, 5.74) is -1.80. The van der Waals surface area contributed by atoms with Gasteiger partial charge in [0.25, 0.3) is 0 Å². The lowest BCUT2D eigenvalue weighted by Crippen LogP contribution is -2.28. The number of benzene rings is 1. The molecule has 7 heteroatoms. The molecule has 4 nitrogen and oxygen atoms in total. The summed E-state index contributed by atoms with van der Waals surface area (Å²) in [4.78, 5) is 11.4. The molecule has 0 aliphatic heterocycles. The molecule has 0 spiro atoms. The van der Waals surface area contributed by atoms with Crippen LogP contribution in [0, 0.1) is 0 Å². The van der Waals surface area contributed by atoms with E-state index < -0.39 is 23.4 Å². The van der Waals surface area contributed by atoms with Gasteiger partial charge in [-0.2, -0.15) is 13.2 Å². The number of aliphatic hydroxyl groups is 1. The van der Waals surface area contributed by atoms with Crippen LogP contribution in [0.1, 0.15) is 31.4 Å². The van der Waals surface area contributed by atoms with E-state index in [9.17, 15) is 23.1 Å². The molecular formula is C14H18F3NO3.